The van der Waals surface area contributed by atoms with Gasteiger partial charge in [0.2, 0.25) is 0 Å². The molecular formula is C17H19F3N2O2. The lowest BCUT2D eigenvalue weighted by Crippen LogP contribution is -2.61. The zero-order chi connectivity index (χ0) is 17.7. The molecule has 1 aliphatic carbocycles. The number of carbonyl (C=O) groups is 1. The first-order valence-electron chi connectivity index (χ1n) is 7.92. The molecule has 1 N–H and O–H groups in total. The van der Waals surface area contributed by atoms with Crippen molar-refractivity contribution in [2.24, 2.45) is 16.9 Å². The van der Waals surface area contributed by atoms with Gasteiger partial charge >= 0.3 is 6.18 Å². The maximum atomic E-state index is 13.7. The molecule has 7 heteroatoms. The highest BCUT2D eigenvalue weighted by molar-refractivity contribution is 5.99. The molecule has 1 saturated carbocycles. The minimum Gasteiger partial charge on any atom is -0.362 e. The number of aliphatic hydroxyl groups is 1. The van der Waals surface area contributed by atoms with E-state index in [4.69, 9.17) is 0 Å². The molecule has 0 aromatic heterocycles. The van der Waals surface area contributed by atoms with E-state index in [1.165, 1.54) is 12.1 Å². The molecule has 3 rings (SSSR count). The predicted octanol–water partition coefficient (Wildman–Crippen LogP) is 3.49. The molecular weight excluding hydrogens is 321 g/mol. The Balaban J connectivity index is 2.03. The van der Waals surface area contributed by atoms with Crippen LogP contribution >= 0.6 is 0 Å². The SMILES string of the molecule is Cc1ccc(C(=O)N2N=C3CC[C@H](C)C[C@@H]3[C@@]2(O)C(F)(F)F)cc1. The van der Waals surface area contributed by atoms with Crippen LogP contribution in [0.2, 0.25) is 0 Å². The van der Waals surface area contributed by atoms with Gasteiger partial charge < -0.3 is 5.11 Å². The lowest BCUT2D eigenvalue weighted by atomic mass is 9.76. The van der Waals surface area contributed by atoms with Gasteiger partial charge in [-0.2, -0.15) is 23.3 Å². The van der Waals surface area contributed by atoms with Crippen molar-refractivity contribution in [2.75, 3.05) is 0 Å². The molecule has 2 aliphatic rings. The Kier molecular flexibility index (Phi) is 3.94. The number of rotatable bonds is 1. The number of hydrogen-bond donors (Lipinski definition) is 1. The predicted molar refractivity (Wildman–Crippen MR) is 82.3 cm³/mol. The molecule has 1 amide bonds. The van der Waals surface area contributed by atoms with Gasteiger partial charge in [-0.3, -0.25) is 4.79 Å². The van der Waals surface area contributed by atoms with Crippen molar-refractivity contribution >= 4 is 11.6 Å². The number of carbonyl (C=O) groups excluding carboxylic acids is 1. The van der Waals surface area contributed by atoms with Crippen molar-refractivity contribution in [2.45, 2.75) is 45.0 Å². The smallest absolute Gasteiger partial charge is 0.362 e. The lowest BCUT2D eigenvalue weighted by Gasteiger charge is -2.39. The number of aryl methyl sites for hydroxylation is 1. The highest BCUT2D eigenvalue weighted by Crippen LogP contribution is 2.49. The van der Waals surface area contributed by atoms with Crippen LogP contribution in [0, 0.1) is 18.8 Å². The molecule has 0 unspecified atom stereocenters. The van der Waals surface area contributed by atoms with Crippen LogP contribution < -0.4 is 0 Å². The van der Waals surface area contributed by atoms with Crippen LogP contribution in [0.15, 0.2) is 29.4 Å². The van der Waals surface area contributed by atoms with Crippen molar-refractivity contribution < 1.29 is 23.1 Å². The van der Waals surface area contributed by atoms with Crippen molar-refractivity contribution in [1.82, 2.24) is 5.01 Å². The van der Waals surface area contributed by atoms with E-state index >= 15 is 0 Å². The van der Waals surface area contributed by atoms with Gasteiger partial charge in [0.25, 0.3) is 11.6 Å². The van der Waals surface area contributed by atoms with Gasteiger partial charge in [-0.15, -0.1) is 0 Å². The highest BCUT2D eigenvalue weighted by Gasteiger charge is 2.68. The summed E-state index contributed by atoms with van der Waals surface area (Å²) < 4.78 is 41.1. The van der Waals surface area contributed by atoms with E-state index in [0.717, 1.165) is 5.56 Å². The summed E-state index contributed by atoms with van der Waals surface area (Å²) in [6.45, 7) is 3.66. The number of hydrogen-bond acceptors (Lipinski definition) is 3. The van der Waals surface area contributed by atoms with Crippen LogP contribution in [0.5, 0.6) is 0 Å². The first-order chi connectivity index (χ1) is 11.1. The number of benzene rings is 1. The number of hydrazone groups is 1. The van der Waals surface area contributed by atoms with E-state index in [0.29, 0.717) is 12.8 Å². The fourth-order valence-corrected chi connectivity index (χ4v) is 3.43. The molecule has 0 radical (unpaired) electrons. The molecule has 0 spiro atoms. The molecule has 1 fully saturated rings. The minimum atomic E-state index is -4.99. The highest BCUT2D eigenvalue weighted by atomic mass is 19.4. The van der Waals surface area contributed by atoms with E-state index < -0.39 is 23.7 Å². The fraction of sp³-hybridized carbons (Fsp3) is 0.529. The molecule has 130 valence electrons. The third-order valence-corrected chi connectivity index (χ3v) is 4.88. The summed E-state index contributed by atoms with van der Waals surface area (Å²) in [4.78, 5) is 12.6. The van der Waals surface area contributed by atoms with Gasteiger partial charge in [0.1, 0.15) is 0 Å². The van der Waals surface area contributed by atoms with E-state index in [2.05, 4.69) is 5.10 Å². The Morgan fingerprint density at radius 1 is 1.33 bits per heavy atom. The summed E-state index contributed by atoms with van der Waals surface area (Å²) in [5, 5.41) is 14.7. The molecule has 0 saturated heterocycles. The van der Waals surface area contributed by atoms with E-state index in [1.54, 1.807) is 12.1 Å². The summed E-state index contributed by atoms with van der Waals surface area (Å²) in [7, 11) is 0. The Morgan fingerprint density at radius 3 is 2.54 bits per heavy atom. The van der Waals surface area contributed by atoms with Gasteiger partial charge in [0.05, 0.1) is 5.92 Å². The standard InChI is InChI=1S/C17H19F3N2O2/c1-10-3-6-12(7-4-10)15(23)22-16(24,17(18,19)20)13-9-11(2)5-8-14(13)21-22/h3-4,6-7,11,13,24H,5,8-9H2,1-2H3/t11-,13-,16+/m0/s1. The second-order valence-electron chi connectivity index (χ2n) is 6.73. The van der Waals surface area contributed by atoms with Crippen molar-refractivity contribution in [3.05, 3.63) is 35.4 Å². The van der Waals surface area contributed by atoms with Crippen molar-refractivity contribution in [1.29, 1.82) is 0 Å². The Morgan fingerprint density at radius 2 is 1.96 bits per heavy atom. The average molecular weight is 340 g/mol. The van der Waals surface area contributed by atoms with Gasteiger partial charge in [-0.05, 0) is 44.2 Å². The van der Waals surface area contributed by atoms with Crippen LogP contribution in [-0.4, -0.2) is 33.6 Å². The Labute approximate surface area is 138 Å². The van der Waals surface area contributed by atoms with Gasteiger partial charge in [0.15, 0.2) is 0 Å². The number of alkyl halides is 3. The van der Waals surface area contributed by atoms with E-state index in [1.807, 2.05) is 13.8 Å². The van der Waals surface area contributed by atoms with Crippen molar-refractivity contribution in [3.8, 4) is 0 Å². The first-order valence-corrected chi connectivity index (χ1v) is 7.92. The maximum absolute atomic E-state index is 13.7. The summed E-state index contributed by atoms with van der Waals surface area (Å²) >= 11 is 0. The van der Waals surface area contributed by atoms with Crippen LogP contribution in [0.25, 0.3) is 0 Å². The molecule has 1 aliphatic heterocycles. The summed E-state index contributed by atoms with van der Waals surface area (Å²) in [5.74, 6) is -2.10. The molecule has 4 nitrogen and oxygen atoms in total. The number of fused-ring (bicyclic) bond motifs is 1. The molecule has 0 bridgehead atoms. The van der Waals surface area contributed by atoms with Gasteiger partial charge in [0, 0.05) is 11.3 Å². The van der Waals surface area contributed by atoms with E-state index in [9.17, 15) is 23.1 Å². The molecule has 1 aromatic carbocycles. The Hall–Kier alpha value is -1.89. The molecule has 1 aromatic rings. The van der Waals surface area contributed by atoms with Gasteiger partial charge in [-0.25, -0.2) is 0 Å². The largest absolute Gasteiger partial charge is 0.439 e. The quantitative estimate of drug-likeness (QED) is 0.851. The zero-order valence-corrected chi connectivity index (χ0v) is 13.5. The third kappa shape index (κ3) is 2.51. The minimum absolute atomic E-state index is 0.0391. The van der Waals surface area contributed by atoms with Crippen LogP contribution in [-0.2, 0) is 0 Å². The van der Waals surface area contributed by atoms with Crippen LogP contribution in [0.4, 0.5) is 13.2 Å². The first kappa shape index (κ1) is 17.0. The maximum Gasteiger partial charge on any atom is 0.439 e. The second-order valence-corrected chi connectivity index (χ2v) is 6.73. The van der Waals surface area contributed by atoms with E-state index in [-0.39, 0.29) is 28.6 Å². The Bertz CT molecular complexity index is 684. The molecule has 3 atom stereocenters. The number of amides is 1. The normalized spacial score (nSPS) is 30.1. The fourth-order valence-electron chi connectivity index (χ4n) is 3.43. The summed E-state index contributed by atoms with van der Waals surface area (Å²) in [5.41, 5.74) is -2.07. The van der Waals surface area contributed by atoms with Crippen molar-refractivity contribution in [3.63, 3.8) is 0 Å². The van der Waals surface area contributed by atoms with Gasteiger partial charge in [-0.1, -0.05) is 24.6 Å². The monoisotopic (exact) mass is 340 g/mol. The van der Waals surface area contributed by atoms with Crippen LogP contribution in [0.1, 0.15) is 42.1 Å². The number of nitrogens with zero attached hydrogens (tertiary/aromatic N) is 2. The lowest BCUT2D eigenvalue weighted by molar-refractivity contribution is -0.313. The summed E-state index contributed by atoms with van der Waals surface area (Å²) in [6, 6.07) is 6.16. The number of halogens is 3. The molecule has 1 heterocycles. The summed E-state index contributed by atoms with van der Waals surface area (Å²) in [6.07, 6.45) is -3.76. The molecule has 24 heavy (non-hydrogen) atoms. The van der Waals surface area contributed by atoms with Crippen LogP contribution in [0.3, 0.4) is 0 Å². The third-order valence-electron chi connectivity index (χ3n) is 4.88. The average Bonchev–Trinajstić information content (AvgIpc) is 2.81. The second kappa shape index (κ2) is 5.58. The zero-order valence-electron chi connectivity index (χ0n) is 13.5. The topological polar surface area (TPSA) is 52.9 Å².